The van der Waals surface area contributed by atoms with E-state index in [0.29, 0.717) is 34.7 Å². The fraction of sp³-hybridized carbons (Fsp3) is 0.190. The van der Waals surface area contributed by atoms with Crippen molar-refractivity contribution in [1.29, 1.82) is 0 Å². The molecule has 0 saturated carbocycles. The van der Waals surface area contributed by atoms with Crippen LogP contribution >= 0.6 is 0 Å². The van der Waals surface area contributed by atoms with Gasteiger partial charge in [-0.05, 0) is 30.7 Å². The van der Waals surface area contributed by atoms with Crippen molar-refractivity contribution in [3.8, 4) is 5.75 Å². The number of para-hydroxylation sites is 2. The van der Waals surface area contributed by atoms with Crippen molar-refractivity contribution >= 4 is 29.4 Å². The lowest BCUT2D eigenvalue weighted by Gasteiger charge is -2.11. The van der Waals surface area contributed by atoms with E-state index in [4.69, 9.17) is 9.84 Å². The molecule has 0 fully saturated rings. The normalized spacial score (nSPS) is 15.1. The lowest BCUT2D eigenvalue weighted by molar-refractivity contribution is -0.139. The molecule has 0 bridgehead atoms. The minimum absolute atomic E-state index is 0.210. The van der Waals surface area contributed by atoms with Gasteiger partial charge in [0.2, 0.25) is 0 Å². The summed E-state index contributed by atoms with van der Waals surface area (Å²) >= 11 is 0. The minimum atomic E-state index is -1.06. The van der Waals surface area contributed by atoms with Crippen LogP contribution in [0.1, 0.15) is 25.3 Å². The molecule has 1 N–H and O–H groups in total. The molecule has 3 rings (SSSR count). The number of carbonyl (C=O) groups is 2. The molecule has 6 nitrogen and oxygen atoms in total. The van der Waals surface area contributed by atoms with Gasteiger partial charge in [0.25, 0.3) is 5.91 Å². The average molecular weight is 364 g/mol. The number of ether oxygens (including phenoxy) is 1. The van der Waals surface area contributed by atoms with Crippen LogP contribution in [0.3, 0.4) is 0 Å². The highest BCUT2D eigenvalue weighted by atomic mass is 16.5. The molecule has 0 aliphatic carbocycles. The monoisotopic (exact) mass is 364 g/mol. The number of rotatable bonds is 7. The Balaban J connectivity index is 1.96. The number of anilines is 1. The summed E-state index contributed by atoms with van der Waals surface area (Å²) in [6.45, 7) is 1.58. The van der Waals surface area contributed by atoms with Gasteiger partial charge in [0, 0.05) is 5.56 Å². The molecule has 0 atom stereocenters. The lowest BCUT2D eigenvalue weighted by atomic mass is 10.0. The predicted octanol–water partition coefficient (Wildman–Crippen LogP) is 3.74. The Kier molecular flexibility index (Phi) is 5.66. The van der Waals surface area contributed by atoms with Crippen molar-refractivity contribution in [3.63, 3.8) is 0 Å². The molecule has 27 heavy (non-hydrogen) atoms. The van der Waals surface area contributed by atoms with Crippen molar-refractivity contribution in [2.75, 3.05) is 11.6 Å². The molecular weight excluding hydrogens is 344 g/mol. The summed E-state index contributed by atoms with van der Waals surface area (Å²) in [5, 5.41) is 14.8. The zero-order valence-electron chi connectivity index (χ0n) is 15.0. The third-order valence-corrected chi connectivity index (χ3v) is 4.01. The Hall–Kier alpha value is -3.41. The van der Waals surface area contributed by atoms with Gasteiger partial charge in [0.05, 0.1) is 17.0 Å². The van der Waals surface area contributed by atoms with E-state index in [-0.39, 0.29) is 5.91 Å². The van der Waals surface area contributed by atoms with E-state index in [1.165, 1.54) is 5.01 Å². The van der Waals surface area contributed by atoms with E-state index in [1.807, 2.05) is 43.3 Å². The standard InChI is InChI=1S/C21H20N2O4/c1-2-8-18-17(21(26)23(22-18)16-10-4-3-5-11-16)13-15-9-6-7-12-19(15)27-14-20(24)25/h3-7,9-13H,2,8,14H2,1H3,(H,24,25). The van der Waals surface area contributed by atoms with E-state index < -0.39 is 12.6 Å². The maximum absolute atomic E-state index is 13.0. The Morgan fingerprint density at radius 2 is 1.85 bits per heavy atom. The first-order valence-electron chi connectivity index (χ1n) is 8.73. The van der Waals surface area contributed by atoms with E-state index in [1.54, 1.807) is 24.3 Å². The number of hydrogen-bond donors (Lipinski definition) is 1. The number of nitrogens with zero attached hydrogens (tertiary/aromatic N) is 2. The molecule has 2 aromatic rings. The summed E-state index contributed by atoms with van der Waals surface area (Å²) < 4.78 is 5.34. The van der Waals surface area contributed by atoms with Gasteiger partial charge in [0.15, 0.2) is 6.61 Å². The van der Waals surface area contributed by atoms with Crippen LogP contribution in [-0.4, -0.2) is 29.3 Å². The third kappa shape index (κ3) is 4.23. The number of carbonyl (C=O) groups excluding carboxylic acids is 1. The maximum atomic E-state index is 13.0. The van der Waals surface area contributed by atoms with Crippen LogP contribution in [0.2, 0.25) is 0 Å². The Morgan fingerprint density at radius 1 is 1.15 bits per heavy atom. The van der Waals surface area contributed by atoms with Crippen LogP contribution in [0.25, 0.3) is 6.08 Å². The smallest absolute Gasteiger partial charge is 0.341 e. The Bertz CT molecular complexity index is 903. The molecule has 2 aromatic carbocycles. The molecule has 0 aromatic heterocycles. The summed E-state index contributed by atoms with van der Waals surface area (Å²) in [5.74, 6) is -0.857. The van der Waals surface area contributed by atoms with Gasteiger partial charge in [-0.15, -0.1) is 0 Å². The van der Waals surface area contributed by atoms with Gasteiger partial charge >= 0.3 is 5.97 Å². The van der Waals surface area contributed by atoms with Gasteiger partial charge in [-0.25, -0.2) is 4.79 Å². The third-order valence-electron chi connectivity index (χ3n) is 4.01. The van der Waals surface area contributed by atoms with Crippen molar-refractivity contribution in [3.05, 3.63) is 65.7 Å². The van der Waals surface area contributed by atoms with Gasteiger partial charge < -0.3 is 9.84 Å². The van der Waals surface area contributed by atoms with Crippen molar-refractivity contribution in [2.24, 2.45) is 5.10 Å². The van der Waals surface area contributed by atoms with Gasteiger partial charge in [-0.3, -0.25) is 4.79 Å². The number of hydrazone groups is 1. The van der Waals surface area contributed by atoms with Crippen molar-refractivity contribution < 1.29 is 19.4 Å². The SMILES string of the molecule is CCCC1=NN(c2ccccc2)C(=O)C1=Cc1ccccc1OCC(=O)O. The quantitative estimate of drug-likeness (QED) is 0.759. The summed E-state index contributed by atoms with van der Waals surface area (Å²) in [4.78, 5) is 23.8. The first kappa shape index (κ1) is 18.4. The summed E-state index contributed by atoms with van der Waals surface area (Å²) in [6, 6.07) is 16.3. The van der Waals surface area contributed by atoms with Crippen LogP contribution in [-0.2, 0) is 9.59 Å². The van der Waals surface area contributed by atoms with Crippen LogP contribution < -0.4 is 9.75 Å². The molecule has 0 spiro atoms. The van der Waals surface area contributed by atoms with Gasteiger partial charge in [-0.1, -0.05) is 49.7 Å². The second kappa shape index (κ2) is 8.31. The molecular formula is C21H20N2O4. The van der Waals surface area contributed by atoms with Gasteiger partial charge in [0.1, 0.15) is 5.75 Å². The number of carboxylic acids is 1. The maximum Gasteiger partial charge on any atom is 0.341 e. The summed E-state index contributed by atoms with van der Waals surface area (Å²) in [5.41, 5.74) is 2.54. The van der Waals surface area contributed by atoms with Crippen LogP contribution in [0.4, 0.5) is 5.69 Å². The molecule has 138 valence electrons. The fourth-order valence-electron chi connectivity index (χ4n) is 2.79. The first-order chi connectivity index (χ1) is 13.1. The first-order valence-corrected chi connectivity index (χ1v) is 8.73. The van der Waals surface area contributed by atoms with Gasteiger partial charge in [-0.2, -0.15) is 10.1 Å². The molecule has 0 radical (unpaired) electrons. The summed E-state index contributed by atoms with van der Waals surface area (Å²) in [7, 11) is 0. The molecule has 0 unspecified atom stereocenters. The Morgan fingerprint density at radius 3 is 2.56 bits per heavy atom. The van der Waals surface area contributed by atoms with E-state index in [2.05, 4.69) is 5.10 Å². The zero-order valence-corrected chi connectivity index (χ0v) is 15.0. The second-order valence-corrected chi connectivity index (χ2v) is 6.03. The highest BCUT2D eigenvalue weighted by Gasteiger charge is 2.30. The molecule has 1 aliphatic rings. The Labute approximate surface area is 157 Å². The van der Waals surface area contributed by atoms with E-state index in [9.17, 15) is 9.59 Å². The highest BCUT2D eigenvalue weighted by Crippen LogP contribution is 2.28. The van der Waals surface area contributed by atoms with Crippen molar-refractivity contribution in [1.82, 2.24) is 0 Å². The van der Waals surface area contributed by atoms with E-state index in [0.717, 1.165) is 6.42 Å². The molecule has 6 heteroatoms. The van der Waals surface area contributed by atoms with E-state index >= 15 is 0 Å². The predicted molar refractivity (Wildman–Crippen MR) is 104 cm³/mol. The van der Waals surface area contributed by atoms with Crippen LogP contribution in [0.15, 0.2) is 65.3 Å². The number of amides is 1. The fourth-order valence-corrected chi connectivity index (χ4v) is 2.79. The molecule has 1 heterocycles. The van der Waals surface area contributed by atoms with Crippen molar-refractivity contribution in [2.45, 2.75) is 19.8 Å². The van der Waals surface area contributed by atoms with Crippen LogP contribution in [0, 0.1) is 0 Å². The largest absolute Gasteiger partial charge is 0.481 e. The number of aliphatic carboxylic acids is 1. The summed E-state index contributed by atoms with van der Waals surface area (Å²) in [6.07, 6.45) is 3.24. The molecule has 0 saturated heterocycles. The molecule has 1 amide bonds. The number of benzene rings is 2. The average Bonchev–Trinajstić information content (AvgIpc) is 2.98. The highest BCUT2D eigenvalue weighted by molar-refractivity contribution is 6.32. The minimum Gasteiger partial charge on any atom is -0.481 e. The lowest BCUT2D eigenvalue weighted by Crippen LogP contribution is -2.21. The number of hydrogen-bond acceptors (Lipinski definition) is 4. The topological polar surface area (TPSA) is 79.2 Å². The van der Waals surface area contributed by atoms with Crippen LogP contribution in [0.5, 0.6) is 5.75 Å². The second-order valence-electron chi connectivity index (χ2n) is 6.03. The zero-order chi connectivity index (χ0) is 19.2. The molecule has 1 aliphatic heterocycles. The number of carboxylic acid groups (broad SMARTS) is 1.